The van der Waals surface area contributed by atoms with Crippen LogP contribution in [0.4, 0.5) is 10.1 Å². The van der Waals surface area contributed by atoms with Crippen LogP contribution in [-0.2, 0) is 17.8 Å². The second-order valence-electron chi connectivity index (χ2n) is 6.83. The van der Waals surface area contributed by atoms with Crippen molar-refractivity contribution >= 4 is 22.6 Å². The SMILES string of the molecule is O=C(CCc1nc2ncccc2c(=O)n1Cc1ccccc1)Nc1ccc(F)cc1. The Labute approximate surface area is 172 Å². The normalized spacial score (nSPS) is 10.8. The molecule has 0 aliphatic carbocycles. The van der Waals surface area contributed by atoms with Crippen LogP contribution in [0.2, 0.25) is 0 Å². The van der Waals surface area contributed by atoms with E-state index < -0.39 is 0 Å². The van der Waals surface area contributed by atoms with Crippen LogP contribution in [0, 0.1) is 5.82 Å². The molecule has 0 unspecified atom stereocenters. The Bertz CT molecular complexity index is 1240. The monoisotopic (exact) mass is 402 g/mol. The van der Waals surface area contributed by atoms with Gasteiger partial charge in [-0.2, -0.15) is 0 Å². The molecule has 4 rings (SSSR count). The zero-order valence-corrected chi connectivity index (χ0v) is 16.1. The van der Waals surface area contributed by atoms with Crippen LogP contribution in [0.15, 0.2) is 77.7 Å². The van der Waals surface area contributed by atoms with Crippen molar-refractivity contribution < 1.29 is 9.18 Å². The molecular formula is C23H19FN4O2. The number of carbonyl (C=O) groups excluding carboxylic acids is 1. The molecule has 30 heavy (non-hydrogen) atoms. The van der Waals surface area contributed by atoms with E-state index in [2.05, 4.69) is 15.3 Å². The van der Waals surface area contributed by atoms with Gasteiger partial charge in [0, 0.05) is 24.7 Å². The molecule has 0 saturated heterocycles. The predicted molar refractivity (Wildman–Crippen MR) is 113 cm³/mol. The van der Waals surface area contributed by atoms with E-state index in [4.69, 9.17) is 0 Å². The van der Waals surface area contributed by atoms with Gasteiger partial charge in [-0.15, -0.1) is 0 Å². The van der Waals surface area contributed by atoms with Crippen molar-refractivity contribution in [2.75, 3.05) is 5.32 Å². The summed E-state index contributed by atoms with van der Waals surface area (Å²) < 4.78 is 14.6. The van der Waals surface area contributed by atoms with Gasteiger partial charge in [0.25, 0.3) is 5.56 Å². The number of nitrogens with one attached hydrogen (secondary N) is 1. The van der Waals surface area contributed by atoms with Gasteiger partial charge in [0.1, 0.15) is 11.6 Å². The van der Waals surface area contributed by atoms with Crippen LogP contribution in [0.5, 0.6) is 0 Å². The van der Waals surface area contributed by atoms with E-state index >= 15 is 0 Å². The molecule has 2 heterocycles. The summed E-state index contributed by atoms with van der Waals surface area (Å²) in [5.74, 6) is -0.127. The Balaban J connectivity index is 1.60. The molecule has 0 radical (unpaired) electrons. The standard InChI is InChI=1S/C23H19FN4O2/c24-17-8-10-18(11-9-17)26-21(29)13-12-20-27-22-19(7-4-14-25-22)23(30)28(20)15-16-5-2-1-3-6-16/h1-11,14H,12-13,15H2,(H,26,29). The lowest BCUT2D eigenvalue weighted by molar-refractivity contribution is -0.116. The van der Waals surface area contributed by atoms with E-state index in [1.165, 1.54) is 24.3 Å². The summed E-state index contributed by atoms with van der Waals surface area (Å²) in [5, 5.41) is 3.16. The highest BCUT2D eigenvalue weighted by molar-refractivity contribution is 5.90. The first-order valence-electron chi connectivity index (χ1n) is 9.54. The van der Waals surface area contributed by atoms with Crippen LogP contribution in [-0.4, -0.2) is 20.4 Å². The van der Waals surface area contributed by atoms with Gasteiger partial charge in [-0.1, -0.05) is 30.3 Å². The maximum Gasteiger partial charge on any atom is 0.263 e. The number of hydrogen-bond donors (Lipinski definition) is 1. The van der Waals surface area contributed by atoms with Crippen LogP contribution >= 0.6 is 0 Å². The Kier molecular flexibility index (Phi) is 5.61. The van der Waals surface area contributed by atoms with Crippen molar-refractivity contribution in [2.45, 2.75) is 19.4 Å². The summed E-state index contributed by atoms with van der Waals surface area (Å²) in [6, 6.07) is 18.6. The first-order chi connectivity index (χ1) is 14.6. The Morgan fingerprint density at radius 2 is 1.77 bits per heavy atom. The molecule has 0 spiro atoms. The number of carbonyl (C=O) groups is 1. The number of pyridine rings is 1. The van der Waals surface area contributed by atoms with Gasteiger partial charge >= 0.3 is 0 Å². The smallest absolute Gasteiger partial charge is 0.263 e. The van der Waals surface area contributed by atoms with Crippen molar-refractivity contribution in [3.63, 3.8) is 0 Å². The zero-order chi connectivity index (χ0) is 20.9. The van der Waals surface area contributed by atoms with Crippen LogP contribution in [0.25, 0.3) is 11.0 Å². The number of aryl methyl sites for hydroxylation is 1. The van der Waals surface area contributed by atoms with Gasteiger partial charge < -0.3 is 5.32 Å². The van der Waals surface area contributed by atoms with E-state index in [1.54, 1.807) is 22.9 Å². The molecule has 0 aliphatic heterocycles. The Morgan fingerprint density at radius 3 is 2.53 bits per heavy atom. The van der Waals surface area contributed by atoms with Gasteiger partial charge in [-0.25, -0.2) is 14.4 Å². The molecule has 0 saturated carbocycles. The minimum absolute atomic E-state index is 0.122. The van der Waals surface area contributed by atoms with Gasteiger partial charge in [0.2, 0.25) is 5.91 Å². The Morgan fingerprint density at radius 1 is 1.00 bits per heavy atom. The van der Waals surface area contributed by atoms with E-state index in [1.807, 2.05) is 30.3 Å². The maximum absolute atomic E-state index is 13.1. The summed E-state index contributed by atoms with van der Waals surface area (Å²) in [6.45, 7) is 0.354. The third-order valence-corrected chi connectivity index (χ3v) is 4.70. The average molecular weight is 402 g/mol. The lowest BCUT2D eigenvalue weighted by atomic mass is 10.2. The number of halogens is 1. The topological polar surface area (TPSA) is 76.9 Å². The number of rotatable bonds is 6. The highest BCUT2D eigenvalue weighted by Crippen LogP contribution is 2.12. The van der Waals surface area contributed by atoms with Crippen molar-refractivity contribution in [3.05, 3.63) is 100 Å². The molecule has 7 heteroatoms. The summed E-state index contributed by atoms with van der Waals surface area (Å²) >= 11 is 0. The minimum atomic E-state index is -0.370. The molecule has 0 atom stereocenters. The van der Waals surface area contributed by atoms with E-state index in [0.29, 0.717) is 29.1 Å². The highest BCUT2D eigenvalue weighted by Gasteiger charge is 2.14. The molecule has 1 N–H and O–H groups in total. The fourth-order valence-corrected chi connectivity index (χ4v) is 3.20. The minimum Gasteiger partial charge on any atom is -0.326 e. The summed E-state index contributed by atoms with van der Waals surface area (Å²) in [4.78, 5) is 34.2. The Hall–Kier alpha value is -3.87. The largest absolute Gasteiger partial charge is 0.326 e. The van der Waals surface area contributed by atoms with Crippen LogP contribution in [0.1, 0.15) is 17.8 Å². The van der Waals surface area contributed by atoms with Crippen LogP contribution < -0.4 is 10.9 Å². The van der Waals surface area contributed by atoms with Crippen molar-refractivity contribution in [1.29, 1.82) is 0 Å². The summed E-state index contributed by atoms with van der Waals surface area (Å²) in [5.41, 5.74) is 1.64. The molecule has 0 bridgehead atoms. The summed E-state index contributed by atoms with van der Waals surface area (Å²) in [6.07, 6.45) is 1.97. The quantitative estimate of drug-likeness (QED) is 0.535. The number of anilines is 1. The van der Waals surface area contributed by atoms with Gasteiger partial charge in [0.15, 0.2) is 5.65 Å². The van der Waals surface area contributed by atoms with E-state index in [9.17, 15) is 14.0 Å². The number of nitrogens with zero attached hydrogens (tertiary/aromatic N) is 3. The third-order valence-electron chi connectivity index (χ3n) is 4.70. The van der Waals surface area contributed by atoms with Crippen molar-refractivity contribution in [1.82, 2.24) is 14.5 Å². The van der Waals surface area contributed by atoms with Gasteiger partial charge in [0.05, 0.1) is 11.9 Å². The number of amides is 1. The molecular weight excluding hydrogens is 383 g/mol. The zero-order valence-electron chi connectivity index (χ0n) is 16.1. The molecule has 2 aromatic carbocycles. The molecule has 1 amide bonds. The number of benzene rings is 2. The number of fused-ring (bicyclic) bond motifs is 1. The summed E-state index contributed by atoms with van der Waals surface area (Å²) in [7, 11) is 0. The molecule has 0 fully saturated rings. The second-order valence-corrected chi connectivity index (χ2v) is 6.83. The van der Waals surface area contributed by atoms with E-state index in [-0.39, 0.29) is 30.1 Å². The highest BCUT2D eigenvalue weighted by atomic mass is 19.1. The van der Waals surface area contributed by atoms with E-state index in [0.717, 1.165) is 5.56 Å². The number of aromatic nitrogens is 3. The first-order valence-corrected chi connectivity index (χ1v) is 9.54. The molecule has 150 valence electrons. The fraction of sp³-hybridized carbons (Fsp3) is 0.130. The second kappa shape index (κ2) is 8.65. The van der Waals surface area contributed by atoms with Crippen molar-refractivity contribution in [3.8, 4) is 0 Å². The third kappa shape index (κ3) is 4.41. The van der Waals surface area contributed by atoms with Gasteiger partial charge in [-0.05, 0) is 42.0 Å². The average Bonchev–Trinajstić information content (AvgIpc) is 2.77. The number of hydrogen-bond acceptors (Lipinski definition) is 4. The molecule has 2 aromatic heterocycles. The van der Waals surface area contributed by atoms with Crippen molar-refractivity contribution in [2.24, 2.45) is 0 Å². The molecule has 0 aliphatic rings. The lowest BCUT2D eigenvalue weighted by Crippen LogP contribution is -2.27. The van der Waals surface area contributed by atoms with Crippen LogP contribution in [0.3, 0.4) is 0 Å². The first kappa shape index (κ1) is 19.4. The molecule has 6 nitrogen and oxygen atoms in total. The maximum atomic E-state index is 13.1. The molecule has 4 aromatic rings. The predicted octanol–water partition coefficient (Wildman–Crippen LogP) is 3.55. The van der Waals surface area contributed by atoms with Gasteiger partial charge in [-0.3, -0.25) is 14.2 Å². The fourth-order valence-electron chi connectivity index (χ4n) is 3.20. The lowest BCUT2D eigenvalue weighted by Gasteiger charge is -2.13.